The van der Waals surface area contributed by atoms with Crippen molar-refractivity contribution in [3.05, 3.63) is 84.1 Å². The third-order valence-corrected chi connectivity index (χ3v) is 3.96. The van der Waals surface area contributed by atoms with E-state index < -0.39 is 0 Å². The number of carbonyl (C=O) groups is 1. The molecule has 0 aliphatic heterocycles. The molecule has 1 N–H and O–H groups in total. The Morgan fingerprint density at radius 3 is 2.65 bits per heavy atom. The van der Waals surface area contributed by atoms with E-state index in [1.807, 2.05) is 55.5 Å². The Morgan fingerprint density at radius 1 is 1.12 bits per heavy atom. The van der Waals surface area contributed by atoms with Gasteiger partial charge in [0.15, 0.2) is 5.76 Å². The highest BCUT2D eigenvalue weighted by Crippen LogP contribution is 2.25. The summed E-state index contributed by atoms with van der Waals surface area (Å²) in [6, 6.07) is 16.9. The monoisotopic (exact) mass is 347 g/mol. The summed E-state index contributed by atoms with van der Waals surface area (Å²) in [5.41, 5.74) is 1.80. The molecule has 1 aromatic carbocycles. The standard InChI is InChI=1S/C20H17N3O3/c1-14-9-10-18(26-14)19-17(20(24)21-12-16-8-5-11-25-16)13-23(22-19)15-6-3-2-4-7-15/h2-11,13H,12H2,1H3,(H,21,24). The van der Waals surface area contributed by atoms with Crippen molar-refractivity contribution in [3.8, 4) is 17.1 Å². The van der Waals surface area contributed by atoms with Gasteiger partial charge in [0.2, 0.25) is 0 Å². The molecule has 0 spiro atoms. The van der Waals surface area contributed by atoms with E-state index in [4.69, 9.17) is 8.83 Å². The van der Waals surface area contributed by atoms with Gasteiger partial charge in [-0.2, -0.15) is 5.10 Å². The van der Waals surface area contributed by atoms with Crippen LogP contribution in [0.4, 0.5) is 0 Å². The molecule has 6 nitrogen and oxygen atoms in total. The van der Waals surface area contributed by atoms with Crippen LogP contribution in [0.3, 0.4) is 0 Å². The number of aromatic nitrogens is 2. The van der Waals surface area contributed by atoms with Crippen LogP contribution in [0.25, 0.3) is 17.1 Å². The van der Waals surface area contributed by atoms with Crippen molar-refractivity contribution < 1.29 is 13.6 Å². The molecular weight excluding hydrogens is 330 g/mol. The Kier molecular flexibility index (Phi) is 4.15. The quantitative estimate of drug-likeness (QED) is 0.593. The Morgan fingerprint density at radius 2 is 1.96 bits per heavy atom. The maximum absolute atomic E-state index is 12.7. The zero-order chi connectivity index (χ0) is 17.9. The number of benzene rings is 1. The predicted octanol–water partition coefficient (Wildman–Crippen LogP) is 3.96. The fourth-order valence-corrected chi connectivity index (χ4v) is 2.67. The second-order valence-corrected chi connectivity index (χ2v) is 5.84. The van der Waals surface area contributed by atoms with Crippen LogP contribution in [0.5, 0.6) is 0 Å². The van der Waals surface area contributed by atoms with E-state index in [1.165, 1.54) is 0 Å². The van der Waals surface area contributed by atoms with E-state index in [2.05, 4.69) is 10.4 Å². The number of nitrogens with one attached hydrogen (secondary N) is 1. The first kappa shape index (κ1) is 16.0. The molecule has 0 fully saturated rings. The molecule has 3 heterocycles. The Hall–Kier alpha value is -3.54. The number of para-hydroxylation sites is 1. The van der Waals surface area contributed by atoms with Crippen molar-refractivity contribution in [2.24, 2.45) is 0 Å². The Bertz CT molecular complexity index is 1010. The molecule has 26 heavy (non-hydrogen) atoms. The predicted molar refractivity (Wildman–Crippen MR) is 95.9 cm³/mol. The SMILES string of the molecule is Cc1ccc(-c2nn(-c3ccccc3)cc2C(=O)NCc2ccco2)o1. The maximum Gasteiger partial charge on any atom is 0.255 e. The number of nitrogens with zero attached hydrogens (tertiary/aromatic N) is 2. The van der Waals surface area contributed by atoms with Crippen molar-refractivity contribution in [1.82, 2.24) is 15.1 Å². The van der Waals surface area contributed by atoms with E-state index in [9.17, 15) is 4.79 Å². The van der Waals surface area contributed by atoms with Gasteiger partial charge in [0.1, 0.15) is 17.2 Å². The second kappa shape index (κ2) is 6.76. The van der Waals surface area contributed by atoms with Gasteiger partial charge in [0.05, 0.1) is 24.1 Å². The number of carbonyl (C=O) groups excluding carboxylic acids is 1. The van der Waals surface area contributed by atoms with Crippen molar-refractivity contribution in [1.29, 1.82) is 0 Å². The highest BCUT2D eigenvalue weighted by molar-refractivity contribution is 5.99. The smallest absolute Gasteiger partial charge is 0.255 e. The van der Waals surface area contributed by atoms with Crippen LogP contribution in [0, 0.1) is 6.92 Å². The molecule has 0 aliphatic rings. The second-order valence-electron chi connectivity index (χ2n) is 5.84. The lowest BCUT2D eigenvalue weighted by molar-refractivity contribution is 0.0948. The molecule has 130 valence electrons. The average Bonchev–Trinajstić information content (AvgIpc) is 3.40. The number of hydrogen-bond acceptors (Lipinski definition) is 4. The molecule has 0 bridgehead atoms. The number of amides is 1. The van der Waals surface area contributed by atoms with Gasteiger partial charge in [0, 0.05) is 6.20 Å². The molecule has 0 radical (unpaired) electrons. The first-order valence-electron chi connectivity index (χ1n) is 8.23. The molecule has 4 rings (SSSR count). The largest absolute Gasteiger partial charge is 0.467 e. The minimum atomic E-state index is -0.243. The van der Waals surface area contributed by atoms with Crippen LogP contribution >= 0.6 is 0 Å². The fourth-order valence-electron chi connectivity index (χ4n) is 2.67. The topological polar surface area (TPSA) is 73.2 Å². The molecule has 0 saturated heterocycles. The van der Waals surface area contributed by atoms with Crippen molar-refractivity contribution >= 4 is 5.91 Å². The summed E-state index contributed by atoms with van der Waals surface area (Å²) in [7, 11) is 0. The van der Waals surface area contributed by atoms with Gasteiger partial charge >= 0.3 is 0 Å². The molecule has 1 amide bonds. The maximum atomic E-state index is 12.7. The third kappa shape index (κ3) is 3.17. The summed E-state index contributed by atoms with van der Waals surface area (Å²) in [5.74, 6) is 1.76. The third-order valence-electron chi connectivity index (χ3n) is 3.96. The van der Waals surface area contributed by atoms with Gasteiger partial charge in [-0.15, -0.1) is 0 Å². The van der Waals surface area contributed by atoms with E-state index in [1.54, 1.807) is 23.2 Å². The summed E-state index contributed by atoms with van der Waals surface area (Å²) in [6.45, 7) is 2.16. The Balaban J connectivity index is 1.69. The van der Waals surface area contributed by atoms with Gasteiger partial charge in [-0.3, -0.25) is 4.79 Å². The van der Waals surface area contributed by atoms with Crippen molar-refractivity contribution in [2.75, 3.05) is 0 Å². The van der Waals surface area contributed by atoms with Gasteiger partial charge < -0.3 is 14.2 Å². The summed E-state index contributed by atoms with van der Waals surface area (Å²) >= 11 is 0. The minimum Gasteiger partial charge on any atom is -0.467 e. The van der Waals surface area contributed by atoms with E-state index >= 15 is 0 Å². The first-order chi connectivity index (χ1) is 12.7. The molecule has 0 saturated carbocycles. The van der Waals surface area contributed by atoms with Crippen molar-refractivity contribution in [2.45, 2.75) is 13.5 Å². The fraction of sp³-hybridized carbons (Fsp3) is 0.100. The molecule has 0 aliphatic carbocycles. The van der Waals surface area contributed by atoms with E-state index in [0.29, 0.717) is 29.3 Å². The van der Waals surface area contributed by atoms with E-state index in [-0.39, 0.29) is 5.91 Å². The number of rotatable bonds is 5. The van der Waals surface area contributed by atoms with Crippen LogP contribution in [-0.2, 0) is 6.54 Å². The lowest BCUT2D eigenvalue weighted by Crippen LogP contribution is -2.22. The van der Waals surface area contributed by atoms with Crippen molar-refractivity contribution in [3.63, 3.8) is 0 Å². The zero-order valence-electron chi connectivity index (χ0n) is 14.2. The molecule has 0 atom stereocenters. The highest BCUT2D eigenvalue weighted by Gasteiger charge is 2.21. The number of furan rings is 2. The lowest BCUT2D eigenvalue weighted by atomic mass is 10.2. The summed E-state index contributed by atoms with van der Waals surface area (Å²) in [6.07, 6.45) is 3.28. The zero-order valence-corrected chi connectivity index (χ0v) is 14.2. The van der Waals surface area contributed by atoms with Gasteiger partial charge in [0.25, 0.3) is 5.91 Å². The molecule has 0 unspecified atom stereocenters. The summed E-state index contributed by atoms with van der Waals surface area (Å²) < 4.78 is 12.6. The number of aryl methyl sites for hydroxylation is 1. The lowest BCUT2D eigenvalue weighted by Gasteiger charge is -2.02. The number of hydrogen-bond donors (Lipinski definition) is 1. The molecule has 3 aromatic heterocycles. The summed E-state index contributed by atoms with van der Waals surface area (Å²) in [5, 5.41) is 7.42. The first-order valence-corrected chi connectivity index (χ1v) is 8.23. The normalized spacial score (nSPS) is 10.8. The van der Waals surface area contributed by atoms with Gasteiger partial charge in [-0.1, -0.05) is 18.2 Å². The Labute approximate surface area is 150 Å². The van der Waals surface area contributed by atoms with Crippen LogP contribution < -0.4 is 5.32 Å². The highest BCUT2D eigenvalue weighted by atomic mass is 16.3. The van der Waals surface area contributed by atoms with Crippen LogP contribution in [-0.4, -0.2) is 15.7 Å². The molecule has 6 heteroatoms. The summed E-state index contributed by atoms with van der Waals surface area (Å²) in [4.78, 5) is 12.7. The minimum absolute atomic E-state index is 0.243. The van der Waals surface area contributed by atoms with Gasteiger partial charge in [-0.05, 0) is 43.3 Å². The van der Waals surface area contributed by atoms with Crippen LogP contribution in [0.2, 0.25) is 0 Å². The molecule has 4 aromatic rings. The van der Waals surface area contributed by atoms with E-state index in [0.717, 1.165) is 11.4 Å². The molecular formula is C20H17N3O3. The van der Waals surface area contributed by atoms with Crippen LogP contribution in [0.1, 0.15) is 21.9 Å². The van der Waals surface area contributed by atoms with Crippen LogP contribution in [0.15, 0.2) is 75.9 Å². The van der Waals surface area contributed by atoms with Gasteiger partial charge in [-0.25, -0.2) is 4.68 Å². The average molecular weight is 347 g/mol.